The lowest BCUT2D eigenvalue weighted by atomic mass is 10.1. The Balaban J connectivity index is 1.94. The van der Waals surface area contributed by atoms with Gasteiger partial charge in [-0.3, -0.25) is 4.99 Å². The number of rotatable bonds is 2. The van der Waals surface area contributed by atoms with Crippen molar-refractivity contribution < 1.29 is 4.74 Å². The van der Waals surface area contributed by atoms with Crippen LogP contribution in [0.5, 0.6) is 0 Å². The Morgan fingerprint density at radius 2 is 2.00 bits per heavy atom. The minimum absolute atomic E-state index is 0.259. The Morgan fingerprint density at radius 1 is 1.29 bits per heavy atom. The van der Waals surface area contributed by atoms with Crippen molar-refractivity contribution in [3.8, 4) is 0 Å². The highest BCUT2D eigenvalue weighted by atomic mass is 16.5. The van der Waals surface area contributed by atoms with Crippen LogP contribution in [0.3, 0.4) is 0 Å². The van der Waals surface area contributed by atoms with Crippen molar-refractivity contribution in [3.63, 3.8) is 0 Å². The van der Waals surface area contributed by atoms with Gasteiger partial charge < -0.3 is 10.5 Å². The summed E-state index contributed by atoms with van der Waals surface area (Å²) in [4.78, 5) is 4.61. The molecule has 2 rings (SSSR count). The van der Waals surface area contributed by atoms with Gasteiger partial charge in [-0.1, -0.05) is 12.8 Å². The summed E-state index contributed by atoms with van der Waals surface area (Å²) < 4.78 is 5.47. The lowest BCUT2D eigenvalue weighted by Gasteiger charge is -2.13. The second-order valence-corrected chi connectivity index (χ2v) is 4.47. The fraction of sp³-hybridized carbons (Fsp3) is 0.909. The first kappa shape index (κ1) is 9.97. The summed E-state index contributed by atoms with van der Waals surface area (Å²) in [5.41, 5.74) is 6.02. The molecule has 0 aromatic heterocycles. The summed E-state index contributed by atoms with van der Waals surface area (Å²) in [5, 5.41) is 0. The molecule has 80 valence electrons. The third kappa shape index (κ3) is 2.08. The molecule has 0 amide bonds. The fourth-order valence-corrected chi connectivity index (χ4v) is 2.41. The molecular formula is C11H20N2O. The molecule has 2 fully saturated rings. The zero-order valence-electron chi connectivity index (χ0n) is 8.91. The monoisotopic (exact) mass is 196 g/mol. The first-order chi connectivity index (χ1) is 6.77. The summed E-state index contributed by atoms with van der Waals surface area (Å²) in [6.07, 6.45) is 6.40. The van der Waals surface area contributed by atoms with Crippen LogP contribution in [0.25, 0.3) is 0 Å². The van der Waals surface area contributed by atoms with E-state index in [0.29, 0.717) is 12.0 Å². The van der Waals surface area contributed by atoms with Gasteiger partial charge in [0.2, 0.25) is 0 Å². The predicted molar refractivity (Wildman–Crippen MR) is 57.4 cm³/mol. The maximum atomic E-state index is 6.02. The van der Waals surface area contributed by atoms with E-state index in [1.165, 1.54) is 25.7 Å². The third-order valence-corrected chi connectivity index (χ3v) is 3.42. The zero-order chi connectivity index (χ0) is 9.97. The molecule has 1 aliphatic carbocycles. The quantitative estimate of drug-likeness (QED) is 0.540. The van der Waals surface area contributed by atoms with Gasteiger partial charge in [0.05, 0.1) is 18.0 Å². The smallest absolute Gasteiger partial charge is 0.0973 e. The van der Waals surface area contributed by atoms with Crippen LogP contribution in [0.4, 0.5) is 0 Å². The largest absolute Gasteiger partial charge is 0.387 e. The number of nitrogens with zero attached hydrogens (tertiary/aromatic N) is 1. The van der Waals surface area contributed by atoms with Crippen LogP contribution in [0.2, 0.25) is 0 Å². The van der Waals surface area contributed by atoms with Gasteiger partial charge >= 0.3 is 0 Å². The molecule has 2 atom stereocenters. The predicted octanol–water partition coefficient (Wildman–Crippen LogP) is 1.71. The third-order valence-electron chi connectivity index (χ3n) is 3.42. The average molecular weight is 196 g/mol. The second kappa shape index (κ2) is 4.30. The minimum atomic E-state index is 0.259. The maximum Gasteiger partial charge on any atom is 0.0973 e. The van der Waals surface area contributed by atoms with Gasteiger partial charge in [0.25, 0.3) is 0 Å². The standard InChI is InChI=1S/C11H20N2O/c1-8-10(6-7-14-8)13-11(12)9-4-2-3-5-9/h8-10H,2-7H2,1H3,(H2,12,13). The molecule has 1 aliphatic heterocycles. The van der Waals surface area contributed by atoms with Gasteiger partial charge in [-0.25, -0.2) is 0 Å². The molecule has 0 bridgehead atoms. The second-order valence-electron chi connectivity index (χ2n) is 4.47. The Labute approximate surface area is 85.7 Å². The van der Waals surface area contributed by atoms with Crippen LogP contribution in [0, 0.1) is 5.92 Å². The number of nitrogens with two attached hydrogens (primary N) is 1. The highest BCUT2D eigenvalue weighted by Crippen LogP contribution is 2.26. The molecule has 0 aromatic rings. The topological polar surface area (TPSA) is 47.6 Å². The molecule has 0 spiro atoms. The van der Waals surface area contributed by atoms with E-state index in [9.17, 15) is 0 Å². The number of ether oxygens (including phenoxy) is 1. The molecule has 2 unspecified atom stereocenters. The van der Waals surface area contributed by atoms with E-state index in [4.69, 9.17) is 10.5 Å². The number of hydrogen-bond donors (Lipinski definition) is 1. The molecule has 3 heteroatoms. The molecule has 3 nitrogen and oxygen atoms in total. The lowest BCUT2D eigenvalue weighted by molar-refractivity contribution is 0.119. The van der Waals surface area contributed by atoms with Crippen molar-refractivity contribution in [2.45, 2.75) is 51.2 Å². The normalized spacial score (nSPS) is 35.4. The first-order valence-corrected chi connectivity index (χ1v) is 5.72. The van der Waals surface area contributed by atoms with Crippen molar-refractivity contribution in [2.24, 2.45) is 16.6 Å². The number of aliphatic imine (C=N–C) groups is 1. The molecule has 1 heterocycles. The molecule has 14 heavy (non-hydrogen) atoms. The Bertz CT molecular complexity index is 221. The SMILES string of the molecule is CC1OCCC1N=C(N)C1CCCC1. The first-order valence-electron chi connectivity index (χ1n) is 5.72. The van der Waals surface area contributed by atoms with E-state index in [2.05, 4.69) is 11.9 Å². The van der Waals surface area contributed by atoms with Crippen LogP contribution in [0.1, 0.15) is 39.0 Å². The molecule has 0 aromatic carbocycles. The Morgan fingerprint density at radius 3 is 2.57 bits per heavy atom. The molecule has 1 saturated heterocycles. The van der Waals surface area contributed by atoms with Crippen molar-refractivity contribution in [1.82, 2.24) is 0 Å². The summed E-state index contributed by atoms with van der Waals surface area (Å²) in [7, 11) is 0. The number of amidine groups is 1. The van der Waals surface area contributed by atoms with E-state index >= 15 is 0 Å². The van der Waals surface area contributed by atoms with Crippen LogP contribution in [-0.2, 0) is 4.74 Å². The van der Waals surface area contributed by atoms with Crippen molar-refractivity contribution >= 4 is 5.84 Å². The van der Waals surface area contributed by atoms with Crippen molar-refractivity contribution in [1.29, 1.82) is 0 Å². The van der Waals surface area contributed by atoms with Crippen LogP contribution in [-0.4, -0.2) is 24.6 Å². The van der Waals surface area contributed by atoms with Gasteiger partial charge in [-0.2, -0.15) is 0 Å². The molecule has 2 N–H and O–H groups in total. The van der Waals surface area contributed by atoms with Crippen LogP contribution in [0.15, 0.2) is 4.99 Å². The molecular weight excluding hydrogens is 176 g/mol. The summed E-state index contributed by atoms with van der Waals surface area (Å²) >= 11 is 0. The summed E-state index contributed by atoms with van der Waals surface area (Å²) in [6, 6.07) is 0.315. The minimum Gasteiger partial charge on any atom is -0.387 e. The van der Waals surface area contributed by atoms with E-state index in [0.717, 1.165) is 18.9 Å². The van der Waals surface area contributed by atoms with Gasteiger partial charge in [-0.15, -0.1) is 0 Å². The van der Waals surface area contributed by atoms with E-state index < -0.39 is 0 Å². The van der Waals surface area contributed by atoms with Crippen LogP contribution >= 0.6 is 0 Å². The maximum absolute atomic E-state index is 6.02. The molecule has 2 aliphatic rings. The highest BCUT2D eigenvalue weighted by molar-refractivity contribution is 5.83. The average Bonchev–Trinajstić information content (AvgIpc) is 2.77. The lowest BCUT2D eigenvalue weighted by Crippen LogP contribution is -2.26. The van der Waals surface area contributed by atoms with Gasteiger partial charge in [0.15, 0.2) is 0 Å². The zero-order valence-corrected chi connectivity index (χ0v) is 8.91. The molecule has 1 saturated carbocycles. The van der Waals surface area contributed by atoms with E-state index in [1.807, 2.05) is 0 Å². The Kier molecular flexibility index (Phi) is 3.06. The van der Waals surface area contributed by atoms with Crippen molar-refractivity contribution in [3.05, 3.63) is 0 Å². The van der Waals surface area contributed by atoms with Gasteiger partial charge in [0, 0.05) is 12.5 Å². The molecule has 0 radical (unpaired) electrons. The van der Waals surface area contributed by atoms with Crippen LogP contribution < -0.4 is 5.73 Å². The van der Waals surface area contributed by atoms with Gasteiger partial charge in [0.1, 0.15) is 0 Å². The summed E-state index contributed by atoms with van der Waals surface area (Å²) in [6.45, 7) is 2.93. The van der Waals surface area contributed by atoms with Gasteiger partial charge in [-0.05, 0) is 26.2 Å². The van der Waals surface area contributed by atoms with Crippen molar-refractivity contribution in [2.75, 3.05) is 6.61 Å². The highest BCUT2D eigenvalue weighted by Gasteiger charge is 2.26. The van der Waals surface area contributed by atoms with E-state index in [1.54, 1.807) is 0 Å². The van der Waals surface area contributed by atoms with E-state index in [-0.39, 0.29) is 6.10 Å². The fourth-order valence-electron chi connectivity index (χ4n) is 2.41. The Hall–Kier alpha value is -0.570. The number of hydrogen-bond acceptors (Lipinski definition) is 2. The summed E-state index contributed by atoms with van der Waals surface area (Å²) in [5.74, 6) is 1.44.